The fourth-order valence-electron chi connectivity index (χ4n) is 0.679. The number of aryl methyl sites for hydroxylation is 2. The predicted molar refractivity (Wildman–Crippen MR) is 43.6 cm³/mol. The number of nitrogens with one attached hydrogen (secondary N) is 1. The Morgan fingerprint density at radius 2 is 2.15 bits per heavy atom. The number of primary amides is 1. The smallest absolute Gasteiger partial charge is 0.315 e. The van der Waals surface area contributed by atoms with Crippen LogP contribution in [-0.4, -0.2) is 26.6 Å². The maximum atomic E-state index is 10.8. The summed E-state index contributed by atoms with van der Waals surface area (Å²) in [7, 11) is 1.67. The molecule has 0 bridgehead atoms. The van der Waals surface area contributed by atoms with E-state index < -0.39 is 11.8 Å². The molecule has 3 N–H and O–H groups in total. The van der Waals surface area contributed by atoms with Gasteiger partial charge in [-0.1, -0.05) is 0 Å². The summed E-state index contributed by atoms with van der Waals surface area (Å²) in [6, 6.07) is 0. The zero-order chi connectivity index (χ0) is 10.0. The van der Waals surface area contributed by atoms with Gasteiger partial charge in [-0.25, -0.2) is 0 Å². The van der Waals surface area contributed by atoms with E-state index in [2.05, 4.69) is 15.4 Å². The highest BCUT2D eigenvalue weighted by atomic mass is 16.2. The summed E-state index contributed by atoms with van der Waals surface area (Å²) >= 11 is 0. The van der Waals surface area contributed by atoms with E-state index in [1.807, 2.05) is 0 Å². The van der Waals surface area contributed by atoms with Crippen LogP contribution in [0.4, 0.5) is 5.95 Å². The first-order valence-electron chi connectivity index (χ1n) is 3.49. The number of nitrogens with zero attached hydrogens (tertiary/aromatic N) is 3. The maximum absolute atomic E-state index is 10.8. The molecule has 0 unspecified atom stereocenters. The maximum Gasteiger partial charge on any atom is 0.315 e. The van der Waals surface area contributed by atoms with Gasteiger partial charge in [0.1, 0.15) is 5.82 Å². The van der Waals surface area contributed by atoms with Gasteiger partial charge in [0.15, 0.2) is 0 Å². The third-order valence-corrected chi connectivity index (χ3v) is 1.43. The summed E-state index contributed by atoms with van der Waals surface area (Å²) in [5.74, 6) is -1.29. The van der Waals surface area contributed by atoms with Gasteiger partial charge < -0.3 is 5.73 Å². The number of nitrogens with two attached hydrogens (primary N) is 1. The molecule has 0 aliphatic heterocycles. The normalized spacial score (nSPS) is 9.69. The van der Waals surface area contributed by atoms with Gasteiger partial charge in [-0.15, -0.1) is 5.10 Å². The van der Waals surface area contributed by atoms with Crippen LogP contribution in [0.1, 0.15) is 5.82 Å². The average Bonchev–Trinajstić information content (AvgIpc) is 2.31. The first kappa shape index (κ1) is 9.17. The van der Waals surface area contributed by atoms with Gasteiger partial charge in [-0.2, -0.15) is 4.98 Å². The van der Waals surface area contributed by atoms with Crippen molar-refractivity contribution in [1.29, 1.82) is 0 Å². The van der Waals surface area contributed by atoms with E-state index in [-0.39, 0.29) is 5.95 Å². The lowest BCUT2D eigenvalue weighted by Gasteiger charge is -1.93. The number of carbonyl (C=O) groups excluding carboxylic acids is 2. The lowest BCUT2D eigenvalue weighted by molar-refractivity contribution is -0.134. The van der Waals surface area contributed by atoms with E-state index in [4.69, 9.17) is 5.73 Å². The summed E-state index contributed by atoms with van der Waals surface area (Å²) in [5.41, 5.74) is 4.72. The minimum atomic E-state index is -1.06. The fraction of sp³-hybridized carbons (Fsp3) is 0.333. The quantitative estimate of drug-likeness (QED) is 0.519. The molecule has 0 atom stereocenters. The molecule has 7 nitrogen and oxygen atoms in total. The highest BCUT2D eigenvalue weighted by Gasteiger charge is 2.11. The second-order valence-electron chi connectivity index (χ2n) is 2.42. The highest BCUT2D eigenvalue weighted by molar-refractivity contribution is 6.38. The summed E-state index contributed by atoms with van der Waals surface area (Å²) in [6.07, 6.45) is 0. The summed E-state index contributed by atoms with van der Waals surface area (Å²) in [5, 5.41) is 5.94. The van der Waals surface area contributed by atoms with Crippen LogP contribution < -0.4 is 11.1 Å². The van der Waals surface area contributed by atoms with Crippen molar-refractivity contribution in [2.24, 2.45) is 12.8 Å². The van der Waals surface area contributed by atoms with Crippen LogP contribution in [0.5, 0.6) is 0 Å². The molecule has 0 aliphatic rings. The van der Waals surface area contributed by atoms with Crippen molar-refractivity contribution in [3.8, 4) is 0 Å². The Balaban J connectivity index is 2.75. The van der Waals surface area contributed by atoms with E-state index >= 15 is 0 Å². The molecule has 0 spiro atoms. The molecular formula is C6H9N5O2. The van der Waals surface area contributed by atoms with Crippen LogP contribution in [0.2, 0.25) is 0 Å². The monoisotopic (exact) mass is 183 g/mol. The zero-order valence-electron chi connectivity index (χ0n) is 7.24. The van der Waals surface area contributed by atoms with Gasteiger partial charge in [-0.3, -0.25) is 19.6 Å². The van der Waals surface area contributed by atoms with Crippen molar-refractivity contribution < 1.29 is 9.59 Å². The Labute approximate surface area is 73.9 Å². The standard InChI is InChI=1S/C6H9N5O2/c1-3-8-6(10-11(3)2)9-5(13)4(7)12/h1-2H3,(H2,7,12)(H,9,10,13). The molecule has 1 aromatic heterocycles. The number of rotatable bonds is 1. The third-order valence-electron chi connectivity index (χ3n) is 1.43. The zero-order valence-corrected chi connectivity index (χ0v) is 7.24. The van der Waals surface area contributed by atoms with Crippen LogP contribution in [-0.2, 0) is 16.6 Å². The van der Waals surface area contributed by atoms with Crippen molar-refractivity contribution in [2.45, 2.75) is 6.92 Å². The van der Waals surface area contributed by atoms with E-state index in [1.54, 1.807) is 14.0 Å². The Morgan fingerprint density at radius 3 is 2.54 bits per heavy atom. The summed E-state index contributed by atoms with van der Waals surface area (Å²) in [4.78, 5) is 24.9. The first-order valence-corrected chi connectivity index (χ1v) is 3.49. The molecule has 0 aliphatic carbocycles. The molecular weight excluding hydrogens is 174 g/mol. The molecule has 13 heavy (non-hydrogen) atoms. The molecule has 0 aromatic carbocycles. The Hall–Kier alpha value is -1.92. The number of hydrogen-bond donors (Lipinski definition) is 2. The molecule has 70 valence electrons. The molecule has 0 saturated carbocycles. The van der Waals surface area contributed by atoms with Crippen LogP contribution in [0, 0.1) is 6.92 Å². The average molecular weight is 183 g/mol. The van der Waals surface area contributed by atoms with Gasteiger partial charge in [0.2, 0.25) is 5.95 Å². The predicted octanol–water partition coefficient (Wildman–Crippen LogP) is -1.45. The Kier molecular flexibility index (Phi) is 2.27. The molecule has 0 radical (unpaired) electrons. The van der Waals surface area contributed by atoms with Gasteiger partial charge in [0.25, 0.3) is 0 Å². The van der Waals surface area contributed by atoms with Crippen molar-refractivity contribution in [3.63, 3.8) is 0 Å². The van der Waals surface area contributed by atoms with Gasteiger partial charge >= 0.3 is 11.8 Å². The lowest BCUT2D eigenvalue weighted by Crippen LogP contribution is -2.30. The number of aromatic nitrogens is 3. The largest absolute Gasteiger partial charge is 0.361 e. The number of hydrogen-bond acceptors (Lipinski definition) is 4. The van der Waals surface area contributed by atoms with Crippen molar-refractivity contribution in [2.75, 3.05) is 5.32 Å². The second-order valence-corrected chi connectivity index (χ2v) is 2.42. The molecule has 0 fully saturated rings. The van der Waals surface area contributed by atoms with Crippen LogP contribution in [0.3, 0.4) is 0 Å². The lowest BCUT2D eigenvalue weighted by atomic mass is 10.6. The van der Waals surface area contributed by atoms with Crippen molar-refractivity contribution in [1.82, 2.24) is 14.8 Å². The Morgan fingerprint density at radius 1 is 1.54 bits per heavy atom. The first-order chi connectivity index (χ1) is 6.00. The molecule has 7 heteroatoms. The van der Waals surface area contributed by atoms with Crippen LogP contribution in [0.25, 0.3) is 0 Å². The molecule has 0 saturated heterocycles. The minimum absolute atomic E-state index is 0.0730. The SMILES string of the molecule is Cc1nc(NC(=O)C(N)=O)nn1C. The molecule has 1 heterocycles. The number of carbonyl (C=O) groups is 2. The molecule has 1 rings (SSSR count). The van der Waals surface area contributed by atoms with E-state index in [0.29, 0.717) is 5.82 Å². The van der Waals surface area contributed by atoms with Gasteiger partial charge in [0, 0.05) is 7.05 Å². The van der Waals surface area contributed by atoms with Crippen molar-refractivity contribution >= 4 is 17.8 Å². The van der Waals surface area contributed by atoms with Gasteiger partial charge in [-0.05, 0) is 6.92 Å². The van der Waals surface area contributed by atoms with E-state index in [1.165, 1.54) is 4.68 Å². The molecule has 2 amide bonds. The van der Waals surface area contributed by atoms with E-state index in [0.717, 1.165) is 0 Å². The highest BCUT2D eigenvalue weighted by Crippen LogP contribution is 1.99. The summed E-state index contributed by atoms with van der Waals surface area (Å²) < 4.78 is 1.47. The fourth-order valence-corrected chi connectivity index (χ4v) is 0.679. The number of amides is 2. The van der Waals surface area contributed by atoms with Crippen molar-refractivity contribution in [3.05, 3.63) is 5.82 Å². The summed E-state index contributed by atoms with van der Waals surface area (Å²) in [6.45, 7) is 1.72. The third kappa shape index (κ3) is 2.01. The Bertz CT molecular complexity index is 336. The molecule has 1 aromatic rings. The van der Waals surface area contributed by atoms with E-state index in [9.17, 15) is 9.59 Å². The van der Waals surface area contributed by atoms with Gasteiger partial charge in [0.05, 0.1) is 0 Å². The second kappa shape index (κ2) is 3.21. The minimum Gasteiger partial charge on any atom is -0.361 e. The number of anilines is 1. The van der Waals surface area contributed by atoms with Crippen LogP contribution >= 0.6 is 0 Å². The van der Waals surface area contributed by atoms with Crippen LogP contribution in [0.15, 0.2) is 0 Å². The topological polar surface area (TPSA) is 103 Å².